The Balaban J connectivity index is 1.57. The predicted octanol–water partition coefficient (Wildman–Crippen LogP) is 6.54. The molecule has 0 amide bonds. The van der Waals surface area contributed by atoms with E-state index in [2.05, 4.69) is 40.7 Å². The third kappa shape index (κ3) is 3.51. The zero-order valence-corrected chi connectivity index (χ0v) is 20.6. The zero-order valence-electron chi connectivity index (χ0n) is 20.6. The number of aliphatic hydroxyl groups excluding tert-OH is 1. The summed E-state index contributed by atoms with van der Waals surface area (Å²) in [5.41, 5.74) is -0.494. The van der Waals surface area contributed by atoms with Gasteiger partial charge in [0.05, 0.1) is 17.6 Å². The van der Waals surface area contributed by atoms with Crippen molar-refractivity contribution in [2.24, 2.45) is 51.8 Å². The molecule has 9 atom stereocenters. The van der Waals surface area contributed by atoms with E-state index >= 15 is 0 Å². The second-order valence-electron chi connectivity index (χ2n) is 12.9. The lowest BCUT2D eigenvalue weighted by Gasteiger charge is -2.63. The van der Waals surface area contributed by atoms with Gasteiger partial charge >= 0.3 is 0 Å². The number of nitrogens with zero attached hydrogens (tertiary/aromatic N) is 1. The van der Waals surface area contributed by atoms with Crippen molar-refractivity contribution in [1.82, 2.24) is 0 Å². The van der Waals surface area contributed by atoms with Crippen LogP contribution in [-0.2, 0) is 4.79 Å². The molecule has 0 saturated heterocycles. The minimum atomic E-state index is -0.654. The summed E-state index contributed by atoms with van der Waals surface area (Å²) < 4.78 is 0. The number of carbonyl (C=O) groups excluding carboxylic acids is 1. The van der Waals surface area contributed by atoms with E-state index in [4.69, 9.17) is 0 Å². The molecule has 0 aromatic rings. The molecular formula is C28H45NO2. The van der Waals surface area contributed by atoms with E-state index in [-0.39, 0.29) is 16.7 Å². The molecule has 0 heterocycles. The molecule has 0 aromatic carbocycles. The Kier molecular flexibility index (Phi) is 6.13. The number of hydrogen-bond acceptors (Lipinski definition) is 3. The van der Waals surface area contributed by atoms with Gasteiger partial charge < -0.3 is 5.11 Å². The van der Waals surface area contributed by atoms with Gasteiger partial charge in [-0.15, -0.1) is 0 Å². The van der Waals surface area contributed by atoms with Crippen LogP contribution < -0.4 is 0 Å². The summed E-state index contributed by atoms with van der Waals surface area (Å²) in [4.78, 5) is 13.7. The first-order chi connectivity index (χ1) is 14.6. The van der Waals surface area contributed by atoms with Crippen LogP contribution in [0.25, 0.3) is 0 Å². The van der Waals surface area contributed by atoms with Crippen LogP contribution in [0.1, 0.15) is 105 Å². The van der Waals surface area contributed by atoms with Crippen LogP contribution in [0.3, 0.4) is 0 Å². The highest BCUT2D eigenvalue weighted by Gasteiger charge is 2.67. The number of ketones is 1. The minimum Gasteiger partial charge on any atom is -0.393 e. The van der Waals surface area contributed by atoms with Gasteiger partial charge in [-0.3, -0.25) is 4.79 Å². The maximum atomic E-state index is 13.7. The van der Waals surface area contributed by atoms with Crippen LogP contribution in [0.5, 0.6) is 0 Å². The molecule has 0 unspecified atom stereocenters. The maximum Gasteiger partial charge on any atom is 0.138 e. The van der Waals surface area contributed by atoms with Crippen molar-refractivity contribution in [3.63, 3.8) is 0 Å². The lowest BCUT2D eigenvalue weighted by molar-refractivity contribution is -0.173. The van der Waals surface area contributed by atoms with Crippen LogP contribution in [-0.4, -0.2) is 17.0 Å². The van der Waals surface area contributed by atoms with Gasteiger partial charge in [0.15, 0.2) is 0 Å². The predicted molar refractivity (Wildman–Crippen MR) is 124 cm³/mol. The van der Waals surface area contributed by atoms with Crippen molar-refractivity contribution in [1.29, 1.82) is 5.26 Å². The molecule has 0 spiro atoms. The molecule has 31 heavy (non-hydrogen) atoms. The molecule has 4 aliphatic rings. The second-order valence-corrected chi connectivity index (χ2v) is 12.9. The van der Waals surface area contributed by atoms with Crippen LogP contribution in [0, 0.1) is 63.1 Å². The Bertz CT molecular complexity index is 740. The van der Waals surface area contributed by atoms with Crippen LogP contribution in [0.4, 0.5) is 0 Å². The van der Waals surface area contributed by atoms with Crippen LogP contribution in [0.2, 0.25) is 0 Å². The number of hydrogen-bond donors (Lipinski definition) is 1. The number of rotatable bonds is 5. The van der Waals surface area contributed by atoms with Crippen molar-refractivity contribution < 1.29 is 9.90 Å². The van der Waals surface area contributed by atoms with E-state index in [9.17, 15) is 15.2 Å². The molecule has 0 aliphatic heterocycles. The quantitative estimate of drug-likeness (QED) is 0.542. The van der Waals surface area contributed by atoms with Crippen molar-refractivity contribution in [3.05, 3.63) is 0 Å². The van der Waals surface area contributed by atoms with Crippen molar-refractivity contribution >= 4 is 5.78 Å². The number of carbonyl (C=O) groups is 1. The third-order valence-corrected chi connectivity index (χ3v) is 11.0. The Hall–Kier alpha value is -0.880. The van der Waals surface area contributed by atoms with Crippen molar-refractivity contribution in [2.75, 3.05) is 0 Å². The Morgan fingerprint density at radius 1 is 1.06 bits per heavy atom. The molecule has 0 radical (unpaired) electrons. The molecule has 4 rings (SSSR count). The van der Waals surface area contributed by atoms with E-state index < -0.39 is 11.5 Å². The highest BCUT2D eigenvalue weighted by molar-refractivity contribution is 5.84. The fourth-order valence-electron chi connectivity index (χ4n) is 9.21. The Morgan fingerprint density at radius 3 is 2.48 bits per heavy atom. The topological polar surface area (TPSA) is 61.1 Å². The fraction of sp³-hybridized carbons (Fsp3) is 0.929. The third-order valence-electron chi connectivity index (χ3n) is 11.0. The Labute approximate surface area is 190 Å². The zero-order chi connectivity index (χ0) is 22.6. The summed E-state index contributed by atoms with van der Waals surface area (Å²) in [6.07, 6.45) is 10.9. The van der Waals surface area contributed by atoms with Gasteiger partial charge in [0.25, 0.3) is 0 Å². The molecule has 4 saturated carbocycles. The smallest absolute Gasteiger partial charge is 0.138 e. The first-order valence-corrected chi connectivity index (χ1v) is 13.2. The molecule has 3 nitrogen and oxygen atoms in total. The molecule has 1 N–H and O–H groups in total. The average molecular weight is 428 g/mol. The lowest BCUT2D eigenvalue weighted by atomic mass is 9.39. The first-order valence-electron chi connectivity index (χ1n) is 13.2. The summed E-state index contributed by atoms with van der Waals surface area (Å²) in [5, 5.41) is 20.6. The molecule has 0 aromatic heterocycles. The van der Waals surface area contributed by atoms with Gasteiger partial charge in [-0.25, -0.2) is 0 Å². The second kappa shape index (κ2) is 8.16. The Morgan fingerprint density at radius 2 is 1.81 bits per heavy atom. The molecule has 3 heteroatoms. The standard InChI is InChI=1S/C28H45NO2/c1-18(2)7-6-8-19(3)21-9-10-22-25-23(12-13-26(21,22)4)27(5)14-11-20(30)15-28(27,17-29)16-24(25)31/h18-23,25,30H,6-16H2,1-5H3/t19-,20+,21-,22+,23+,25+,26-,27-,28-/m1/s1. The molecule has 0 bridgehead atoms. The van der Waals surface area contributed by atoms with E-state index in [0.717, 1.165) is 37.0 Å². The van der Waals surface area contributed by atoms with Gasteiger partial charge in [-0.1, -0.05) is 53.9 Å². The highest BCUT2D eigenvalue weighted by atomic mass is 16.3. The summed E-state index contributed by atoms with van der Waals surface area (Å²) in [6.45, 7) is 11.9. The van der Waals surface area contributed by atoms with Gasteiger partial charge in [-0.2, -0.15) is 5.26 Å². The fourth-order valence-corrected chi connectivity index (χ4v) is 9.21. The lowest BCUT2D eigenvalue weighted by Crippen LogP contribution is -2.61. The summed E-state index contributed by atoms with van der Waals surface area (Å²) in [5.74, 6) is 3.58. The van der Waals surface area contributed by atoms with Gasteiger partial charge in [0, 0.05) is 12.3 Å². The summed E-state index contributed by atoms with van der Waals surface area (Å²) in [7, 11) is 0. The van der Waals surface area contributed by atoms with Gasteiger partial charge in [0.1, 0.15) is 5.78 Å². The normalized spacial score (nSPS) is 47.9. The van der Waals surface area contributed by atoms with E-state index in [1.807, 2.05) is 0 Å². The average Bonchev–Trinajstić information content (AvgIpc) is 3.06. The highest BCUT2D eigenvalue weighted by Crippen LogP contribution is 2.70. The number of aliphatic hydroxyl groups is 1. The molecule has 4 aliphatic carbocycles. The largest absolute Gasteiger partial charge is 0.393 e. The molecule has 4 fully saturated rings. The van der Waals surface area contributed by atoms with Gasteiger partial charge in [-0.05, 0) is 85.4 Å². The van der Waals surface area contributed by atoms with Crippen LogP contribution >= 0.6 is 0 Å². The van der Waals surface area contributed by atoms with Crippen LogP contribution in [0.15, 0.2) is 0 Å². The number of Topliss-reactive ketones (excluding diaryl/α,β-unsaturated/α-hetero) is 1. The van der Waals surface area contributed by atoms with Crippen molar-refractivity contribution in [3.8, 4) is 6.07 Å². The summed E-state index contributed by atoms with van der Waals surface area (Å²) >= 11 is 0. The monoisotopic (exact) mass is 427 g/mol. The van der Waals surface area contributed by atoms with Crippen molar-refractivity contribution in [2.45, 2.75) is 111 Å². The SMILES string of the molecule is CC(C)CCC[C@@H](C)[C@H]1CC[C@H]2[C@@H]3C(=O)C[C@@]4(C#N)C[C@@H](O)CC[C@]4(C)[C@H]3CC[C@]12C. The number of nitriles is 1. The minimum absolute atomic E-state index is 0.123. The molecule has 174 valence electrons. The summed E-state index contributed by atoms with van der Waals surface area (Å²) in [6, 6.07) is 2.60. The van der Waals surface area contributed by atoms with Gasteiger partial charge in [0.2, 0.25) is 0 Å². The molecular weight excluding hydrogens is 382 g/mol. The van der Waals surface area contributed by atoms with E-state index in [1.165, 1.54) is 38.5 Å². The number of fused-ring (bicyclic) bond motifs is 5. The van der Waals surface area contributed by atoms with E-state index in [1.54, 1.807) is 0 Å². The van der Waals surface area contributed by atoms with E-state index in [0.29, 0.717) is 30.5 Å². The maximum absolute atomic E-state index is 13.7. The first kappa shape index (κ1) is 23.3.